The average molecular weight is 228 g/mol. The van der Waals surface area contributed by atoms with Crippen LogP contribution >= 0.6 is 0 Å². The number of likely N-dealkylation sites (N-methyl/N-ethyl adjacent to an activating group) is 1. The van der Waals surface area contributed by atoms with Gasteiger partial charge in [-0.25, -0.2) is 4.39 Å². The monoisotopic (exact) mass is 228 g/mol. The summed E-state index contributed by atoms with van der Waals surface area (Å²) in [5.74, 6) is -1.07. The fourth-order valence-corrected chi connectivity index (χ4v) is 1.52. The third-order valence-electron chi connectivity index (χ3n) is 2.32. The van der Waals surface area contributed by atoms with Gasteiger partial charge in [-0.05, 0) is 7.05 Å². The zero-order valence-electron chi connectivity index (χ0n) is 8.14. The highest BCUT2D eigenvalue weighted by Gasteiger charge is 2.39. The molecule has 7 heteroatoms. The van der Waals surface area contributed by atoms with Crippen molar-refractivity contribution in [2.45, 2.75) is 24.8 Å². The summed E-state index contributed by atoms with van der Waals surface area (Å²) in [6.07, 6.45) is -7.34. The number of carbonyl (C=O) groups is 1. The van der Waals surface area contributed by atoms with Gasteiger partial charge in [-0.2, -0.15) is 13.2 Å². The van der Waals surface area contributed by atoms with Gasteiger partial charge in [0.25, 0.3) is 0 Å². The minimum Gasteiger partial charge on any atom is -0.338 e. The summed E-state index contributed by atoms with van der Waals surface area (Å²) in [4.78, 5) is 12.0. The number of alkyl halides is 4. The number of likely N-dealkylation sites (tertiary alicyclic amines) is 1. The second kappa shape index (κ2) is 4.34. The van der Waals surface area contributed by atoms with Gasteiger partial charge in [0.15, 0.2) is 0 Å². The normalized spacial score (nSPS) is 27.1. The number of hydrogen-bond donors (Lipinski definition) is 1. The number of carbonyl (C=O) groups excluding carboxylic acids is 1. The van der Waals surface area contributed by atoms with Gasteiger partial charge >= 0.3 is 6.18 Å². The Balaban J connectivity index is 2.50. The van der Waals surface area contributed by atoms with E-state index in [-0.39, 0.29) is 13.1 Å². The predicted octanol–water partition coefficient (Wildman–Crippen LogP) is 0.707. The van der Waals surface area contributed by atoms with Gasteiger partial charge in [0.05, 0.1) is 12.6 Å². The van der Waals surface area contributed by atoms with Crippen LogP contribution in [0.4, 0.5) is 17.6 Å². The Morgan fingerprint density at radius 1 is 1.47 bits per heavy atom. The molecule has 0 bridgehead atoms. The first-order valence-electron chi connectivity index (χ1n) is 4.49. The fourth-order valence-electron chi connectivity index (χ4n) is 1.52. The van der Waals surface area contributed by atoms with Crippen LogP contribution in [0.2, 0.25) is 0 Å². The second-order valence-electron chi connectivity index (χ2n) is 3.50. The molecule has 1 heterocycles. The molecule has 1 aliphatic rings. The van der Waals surface area contributed by atoms with E-state index in [9.17, 15) is 22.4 Å². The number of nitrogens with one attached hydrogen (secondary N) is 1. The Morgan fingerprint density at radius 3 is 2.47 bits per heavy atom. The number of halogens is 4. The van der Waals surface area contributed by atoms with E-state index in [1.165, 1.54) is 7.05 Å². The van der Waals surface area contributed by atoms with Crippen LogP contribution < -0.4 is 5.32 Å². The largest absolute Gasteiger partial charge is 0.397 e. The van der Waals surface area contributed by atoms with E-state index in [0.29, 0.717) is 0 Å². The Kier molecular flexibility index (Phi) is 3.54. The van der Waals surface area contributed by atoms with Crippen molar-refractivity contribution in [2.75, 3.05) is 20.1 Å². The molecule has 0 aromatic rings. The van der Waals surface area contributed by atoms with Gasteiger partial charge in [0.2, 0.25) is 5.91 Å². The summed E-state index contributed by atoms with van der Waals surface area (Å²) in [5.41, 5.74) is 0. The maximum Gasteiger partial charge on any atom is 0.397 e. The maximum atomic E-state index is 13.1. The first kappa shape index (κ1) is 12.2. The molecule has 0 aromatic heterocycles. The first-order valence-corrected chi connectivity index (χ1v) is 4.49. The van der Waals surface area contributed by atoms with Crippen molar-refractivity contribution in [1.29, 1.82) is 0 Å². The molecule has 1 amide bonds. The molecular formula is C8H12F4N2O. The fraction of sp³-hybridized carbons (Fsp3) is 0.875. The second-order valence-corrected chi connectivity index (χ2v) is 3.50. The van der Waals surface area contributed by atoms with E-state index in [1.54, 1.807) is 0 Å². The number of hydrogen-bond acceptors (Lipinski definition) is 2. The van der Waals surface area contributed by atoms with Crippen LogP contribution in [0.15, 0.2) is 0 Å². The Hall–Kier alpha value is -0.850. The SMILES string of the molecule is CN[C@@H]1CN(C(=O)CC(F)(F)F)C[C@@H]1F. The molecule has 0 saturated carbocycles. The molecule has 15 heavy (non-hydrogen) atoms. The Labute approximate surface area is 84.4 Å². The lowest BCUT2D eigenvalue weighted by Gasteiger charge is -2.16. The molecule has 0 aliphatic carbocycles. The van der Waals surface area contributed by atoms with Crippen LogP contribution in [0.3, 0.4) is 0 Å². The molecule has 1 N–H and O–H groups in total. The van der Waals surface area contributed by atoms with Gasteiger partial charge in [-0.1, -0.05) is 0 Å². The molecule has 3 nitrogen and oxygen atoms in total. The minimum atomic E-state index is -4.53. The molecule has 1 saturated heterocycles. The molecule has 1 rings (SSSR count). The molecular weight excluding hydrogens is 216 g/mol. The molecule has 0 radical (unpaired) electrons. The van der Waals surface area contributed by atoms with Gasteiger partial charge in [0, 0.05) is 6.54 Å². The summed E-state index contributed by atoms with van der Waals surface area (Å²) in [5, 5.41) is 2.61. The van der Waals surface area contributed by atoms with Crippen LogP contribution in [0, 0.1) is 0 Å². The highest BCUT2D eigenvalue weighted by molar-refractivity contribution is 5.77. The van der Waals surface area contributed by atoms with Gasteiger partial charge in [0.1, 0.15) is 12.6 Å². The lowest BCUT2D eigenvalue weighted by atomic mass is 10.2. The molecule has 0 spiro atoms. The van der Waals surface area contributed by atoms with Crippen molar-refractivity contribution in [3.05, 3.63) is 0 Å². The Morgan fingerprint density at radius 2 is 2.07 bits per heavy atom. The van der Waals surface area contributed by atoms with E-state index in [4.69, 9.17) is 0 Å². The third kappa shape index (κ3) is 3.33. The molecule has 0 aromatic carbocycles. The molecule has 0 unspecified atom stereocenters. The molecule has 1 aliphatic heterocycles. The van der Waals surface area contributed by atoms with E-state index >= 15 is 0 Å². The summed E-state index contributed by atoms with van der Waals surface area (Å²) < 4.78 is 48.7. The topological polar surface area (TPSA) is 32.3 Å². The Bertz CT molecular complexity index is 243. The third-order valence-corrected chi connectivity index (χ3v) is 2.32. The van der Waals surface area contributed by atoms with Gasteiger partial charge < -0.3 is 10.2 Å². The van der Waals surface area contributed by atoms with Crippen molar-refractivity contribution in [2.24, 2.45) is 0 Å². The molecule has 2 atom stereocenters. The van der Waals surface area contributed by atoms with Crippen molar-refractivity contribution in [3.63, 3.8) is 0 Å². The lowest BCUT2D eigenvalue weighted by Crippen LogP contribution is -2.36. The average Bonchev–Trinajstić information content (AvgIpc) is 2.43. The highest BCUT2D eigenvalue weighted by atomic mass is 19.4. The van der Waals surface area contributed by atoms with Crippen molar-refractivity contribution in [1.82, 2.24) is 10.2 Å². The van der Waals surface area contributed by atoms with Crippen LogP contribution in [-0.4, -0.2) is 49.3 Å². The van der Waals surface area contributed by atoms with E-state index < -0.39 is 30.7 Å². The maximum absolute atomic E-state index is 13.1. The summed E-state index contributed by atoms with van der Waals surface area (Å²) in [7, 11) is 1.51. The zero-order chi connectivity index (χ0) is 11.6. The van der Waals surface area contributed by atoms with E-state index in [0.717, 1.165) is 4.90 Å². The van der Waals surface area contributed by atoms with E-state index in [1.807, 2.05) is 0 Å². The molecule has 88 valence electrons. The van der Waals surface area contributed by atoms with Gasteiger partial charge in [-0.3, -0.25) is 4.79 Å². The van der Waals surface area contributed by atoms with Crippen LogP contribution in [0.1, 0.15) is 6.42 Å². The van der Waals surface area contributed by atoms with Crippen molar-refractivity contribution >= 4 is 5.91 Å². The standard InChI is InChI=1S/C8H12F4N2O/c1-13-6-4-14(3-5(6)9)7(15)2-8(10,11)12/h5-6,13H,2-4H2,1H3/t5-,6+/m0/s1. The first-order chi connectivity index (χ1) is 6.83. The van der Waals surface area contributed by atoms with Crippen LogP contribution in [0.5, 0.6) is 0 Å². The van der Waals surface area contributed by atoms with Crippen LogP contribution in [0.25, 0.3) is 0 Å². The van der Waals surface area contributed by atoms with Gasteiger partial charge in [-0.15, -0.1) is 0 Å². The van der Waals surface area contributed by atoms with Crippen molar-refractivity contribution in [3.8, 4) is 0 Å². The highest BCUT2D eigenvalue weighted by Crippen LogP contribution is 2.23. The lowest BCUT2D eigenvalue weighted by molar-refractivity contribution is -0.160. The smallest absolute Gasteiger partial charge is 0.338 e. The predicted molar refractivity (Wildman–Crippen MR) is 45.0 cm³/mol. The number of amides is 1. The summed E-state index contributed by atoms with van der Waals surface area (Å²) >= 11 is 0. The van der Waals surface area contributed by atoms with E-state index in [2.05, 4.69) is 5.32 Å². The quantitative estimate of drug-likeness (QED) is 0.706. The number of rotatable bonds is 2. The minimum absolute atomic E-state index is 0.00736. The summed E-state index contributed by atoms with van der Waals surface area (Å²) in [6.45, 7) is -0.271. The molecule has 1 fully saturated rings. The van der Waals surface area contributed by atoms with Crippen LogP contribution in [-0.2, 0) is 4.79 Å². The summed E-state index contributed by atoms with van der Waals surface area (Å²) in [6, 6.07) is -0.567. The van der Waals surface area contributed by atoms with Crippen molar-refractivity contribution < 1.29 is 22.4 Å². The zero-order valence-corrected chi connectivity index (χ0v) is 8.14. The number of nitrogens with zero attached hydrogens (tertiary/aromatic N) is 1.